The Morgan fingerprint density at radius 3 is 2.40 bits per heavy atom. The van der Waals surface area contributed by atoms with Crippen LogP contribution in [0.5, 0.6) is 5.75 Å². The van der Waals surface area contributed by atoms with Crippen LogP contribution in [0.2, 0.25) is 0 Å². The normalized spacial score (nSPS) is 18.5. The molecule has 0 radical (unpaired) electrons. The lowest BCUT2D eigenvalue weighted by Gasteiger charge is -2.42. The number of rotatable bonds is 15. The van der Waals surface area contributed by atoms with Gasteiger partial charge in [0, 0.05) is 24.3 Å². The molecule has 2 heterocycles. The van der Waals surface area contributed by atoms with E-state index in [2.05, 4.69) is 41.0 Å². The van der Waals surface area contributed by atoms with Gasteiger partial charge in [0.1, 0.15) is 5.75 Å². The van der Waals surface area contributed by atoms with Crippen LogP contribution in [-0.2, 0) is 16.6 Å². The number of hydrogen-bond acceptors (Lipinski definition) is 6. The summed E-state index contributed by atoms with van der Waals surface area (Å²) in [6.45, 7) is 11.8. The lowest BCUT2D eigenvalue weighted by molar-refractivity contribution is -0.112. The summed E-state index contributed by atoms with van der Waals surface area (Å²) >= 11 is 0. The molecule has 6 nitrogen and oxygen atoms in total. The summed E-state index contributed by atoms with van der Waals surface area (Å²) in [6, 6.07) is 17.1. The average molecular weight is 573 g/mol. The van der Waals surface area contributed by atoms with Crippen LogP contribution >= 0.6 is 0 Å². The first-order valence-corrected chi connectivity index (χ1v) is 16.2. The van der Waals surface area contributed by atoms with Gasteiger partial charge >= 0.3 is 0 Å². The van der Waals surface area contributed by atoms with Gasteiger partial charge in [0.15, 0.2) is 5.78 Å². The van der Waals surface area contributed by atoms with E-state index in [-0.39, 0.29) is 29.4 Å². The summed E-state index contributed by atoms with van der Waals surface area (Å²) in [5.41, 5.74) is 3.08. The van der Waals surface area contributed by atoms with Crippen molar-refractivity contribution >= 4 is 17.7 Å². The number of ether oxygens (including phenoxy) is 1. The zero-order chi connectivity index (χ0) is 30.0. The van der Waals surface area contributed by atoms with E-state index in [0.29, 0.717) is 12.8 Å². The Hall–Kier alpha value is -2.83. The number of aryl methyl sites for hydroxylation is 1. The van der Waals surface area contributed by atoms with Crippen LogP contribution in [0, 0.1) is 17.7 Å². The number of Topliss-reactive ketones (excluding diaryl/α,β-unsaturated/α-hetero) is 1. The predicted octanol–water partition coefficient (Wildman–Crippen LogP) is 7.01. The molecule has 0 bridgehead atoms. The van der Waals surface area contributed by atoms with Crippen molar-refractivity contribution in [2.45, 2.75) is 103 Å². The number of carbonyl (C=O) groups is 1. The maximum Gasteiger partial charge on any atom is 0.180 e. The van der Waals surface area contributed by atoms with Crippen molar-refractivity contribution in [3.8, 4) is 5.75 Å². The monoisotopic (exact) mass is 572 g/mol. The minimum absolute atomic E-state index is 0.0637. The largest absolute Gasteiger partial charge is 0.491 e. The van der Waals surface area contributed by atoms with E-state index in [4.69, 9.17) is 15.6 Å². The first-order valence-electron chi connectivity index (χ1n) is 16.2. The summed E-state index contributed by atoms with van der Waals surface area (Å²) in [4.78, 5) is 18.8. The fraction of sp³-hybridized carbons (Fsp3) is 0.583. The van der Waals surface area contributed by atoms with E-state index >= 15 is 0 Å². The standard InChI is InChI=1S/C36H52N4O2/c1-28(2)42-33-10-7-9-30(25-33)26-35(41)34(38)27-36(17-8-19-37,31-13-11-29(3)12-14-31)18-24-39-22-15-32(16-23-39)40-20-5-4-6-21-40/h7,9-14,19,25,28,32,37-38H,4-6,8,15-18,20-24,26-27H2,1-3H3/t36-/m0/s1. The number of ketones is 1. The quantitative estimate of drug-likeness (QED) is 0.225. The van der Waals surface area contributed by atoms with Crippen LogP contribution in [0.25, 0.3) is 0 Å². The minimum Gasteiger partial charge on any atom is -0.491 e. The molecule has 0 unspecified atom stereocenters. The first-order chi connectivity index (χ1) is 20.3. The molecule has 2 saturated heterocycles. The number of piperidine rings is 2. The van der Waals surface area contributed by atoms with E-state index < -0.39 is 0 Å². The molecule has 4 rings (SSSR count). The Balaban J connectivity index is 1.47. The van der Waals surface area contributed by atoms with E-state index in [1.807, 2.05) is 38.1 Å². The van der Waals surface area contributed by atoms with Crippen LogP contribution < -0.4 is 4.74 Å². The fourth-order valence-electron chi connectivity index (χ4n) is 6.84. The molecule has 0 saturated carbocycles. The maximum atomic E-state index is 13.4. The Bertz CT molecular complexity index is 1160. The molecule has 2 aliphatic rings. The van der Waals surface area contributed by atoms with Crippen LogP contribution in [0.15, 0.2) is 48.5 Å². The Kier molecular flexibility index (Phi) is 11.9. The van der Waals surface area contributed by atoms with Crippen molar-refractivity contribution in [1.82, 2.24) is 9.80 Å². The number of likely N-dealkylation sites (tertiary alicyclic amines) is 2. The molecular formula is C36H52N4O2. The molecule has 6 heteroatoms. The topological polar surface area (TPSA) is 80.5 Å². The molecule has 0 amide bonds. The van der Waals surface area contributed by atoms with Crippen molar-refractivity contribution in [2.24, 2.45) is 0 Å². The molecule has 42 heavy (non-hydrogen) atoms. The maximum absolute atomic E-state index is 13.4. The van der Waals surface area contributed by atoms with Crippen LogP contribution in [0.3, 0.4) is 0 Å². The predicted molar refractivity (Wildman–Crippen MR) is 174 cm³/mol. The lowest BCUT2D eigenvalue weighted by Crippen LogP contribution is -2.47. The average Bonchev–Trinajstić information content (AvgIpc) is 2.99. The zero-order valence-corrected chi connectivity index (χ0v) is 26.2. The van der Waals surface area contributed by atoms with E-state index in [1.54, 1.807) is 0 Å². The number of benzene rings is 2. The van der Waals surface area contributed by atoms with E-state index in [0.717, 1.165) is 49.8 Å². The van der Waals surface area contributed by atoms with Gasteiger partial charge in [0.2, 0.25) is 0 Å². The second-order valence-corrected chi connectivity index (χ2v) is 12.9. The van der Waals surface area contributed by atoms with Gasteiger partial charge in [0.25, 0.3) is 0 Å². The van der Waals surface area contributed by atoms with Crippen molar-refractivity contribution in [3.05, 3.63) is 65.2 Å². The molecule has 2 aliphatic heterocycles. The molecule has 2 aromatic carbocycles. The Labute approximate surface area is 253 Å². The third-order valence-electron chi connectivity index (χ3n) is 9.29. The number of nitrogens with one attached hydrogen (secondary N) is 2. The van der Waals surface area contributed by atoms with E-state index in [1.165, 1.54) is 62.5 Å². The molecule has 228 valence electrons. The third kappa shape index (κ3) is 9.08. The van der Waals surface area contributed by atoms with Crippen molar-refractivity contribution in [2.75, 3.05) is 32.7 Å². The SMILES string of the molecule is Cc1ccc([C@@](CCC=N)(CCN2CCC(N3CCCCC3)CC2)CC(=N)C(=O)Cc2cccc(OC(C)C)c2)cc1. The van der Waals surface area contributed by atoms with Gasteiger partial charge in [-0.2, -0.15) is 0 Å². The Morgan fingerprint density at radius 2 is 1.74 bits per heavy atom. The molecule has 1 atom stereocenters. The highest BCUT2D eigenvalue weighted by Crippen LogP contribution is 2.38. The molecule has 0 aromatic heterocycles. The number of nitrogens with zero attached hydrogens (tertiary/aromatic N) is 2. The summed E-state index contributed by atoms with van der Waals surface area (Å²) in [7, 11) is 0. The molecule has 2 aromatic rings. The Morgan fingerprint density at radius 1 is 1.02 bits per heavy atom. The summed E-state index contributed by atoms with van der Waals surface area (Å²) in [6.07, 6.45) is 10.9. The zero-order valence-electron chi connectivity index (χ0n) is 26.2. The molecule has 0 spiro atoms. The van der Waals surface area contributed by atoms with Gasteiger partial charge in [-0.25, -0.2) is 0 Å². The molecule has 2 fully saturated rings. The minimum atomic E-state index is -0.357. The lowest BCUT2D eigenvalue weighted by atomic mass is 9.69. The van der Waals surface area contributed by atoms with Gasteiger partial charge in [-0.3, -0.25) is 4.79 Å². The van der Waals surface area contributed by atoms with Gasteiger partial charge in [-0.05, 0) is 128 Å². The smallest absolute Gasteiger partial charge is 0.180 e. The van der Waals surface area contributed by atoms with Gasteiger partial charge < -0.3 is 25.4 Å². The number of hydrogen-bond donors (Lipinski definition) is 2. The van der Waals surface area contributed by atoms with Crippen LogP contribution in [0.1, 0.15) is 88.3 Å². The van der Waals surface area contributed by atoms with Gasteiger partial charge in [-0.1, -0.05) is 48.4 Å². The van der Waals surface area contributed by atoms with Gasteiger partial charge in [0.05, 0.1) is 11.8 Å². The van der Waals surface area contributed by atoms with Crippen LogP contribution in [-0.4, -0.2) is 72.4 Å². The highest BCUT2D eigenvalue weighted by Gasteiger charge is 2.35. The summed E-state index contributed by atoms with van der Waals surface area (Å²) in [5, 5.41) is 16.8. The van der Waals surface area contributed by atoms with Gasteiger partial charge in [-0.15, -0.1) is 0 Å². The highest BCUT2D eigenvalue weighted by atomic mass is 16.5. The second kappa shape index (κ2) is 15.6. The fourth-order valence-corrected chi connectivity index (χ4v) is 6.84. The van der Waals surface area contributed by atoms with Crippen molar-refractivity contribution < 1.29 is 9.53 Å². The number of carbonyl (C=O) groups excluding carboxylic acids is 1. The summed E-state index contributed by atoms with van der Waals surface area (Å²) < 4.78 is 5.83. The summed E-state index contributed by atoms with van der Waals surface area (Å²) in [5.74, 6) is 0.622. The van der Waals surface area contributed by atoms with E-state index in [9.17, 15) is 4.79 Å². The van der Waals surface area contributed by atoms with Crippen molar-refractivity contribution in [3.63, 3.8) is 0 Å². The third-order valence-corrected chi connectivity index (χ3v) is 9.29. The van der Waals surface area contributed by atoms with Crippen molar-refractivity contribution in [1.29, 1.82) is 10.8 Å². The van der Waals surface area contributed by atoms with Crippen LogP contribution in [0.4, 0.5) is 0 Å². The molecule has 2 N–H and O–H groups in total. The molecule has 0 aliphatic carbocycles. The highest BCUT2D eigenvalue weighted by molar-refractivity contribution is 6.39. The second-order valence-electron chi connectivity index (χ2n) is 12.9. The first kappa shape index (κ1) is 32.1. The molecular weight excluding hydrogens is 520 g/mol.